The molecule has 0 saturated heterocycles. The molecule has 1 heterocycles. The Morgan fingerprint density at radius 3 is 2.89 bits per heavy atom. The fraction of sp³-hybridized carbons (Fsp3) is 0.750. The first kappa shape index (κ1) is 14.1. The van der Waals surface area contributed by atoms with E-state index in [4.69, 9.17) is 0 Å². The molecule has 0 spiro atoms. The highest BCUT2D eigenvalue weighted by molar-refractivity contribution is 7.09. The maximum absolute atomic E-state index is 3.75. The highest BCUT2D eigenvalue weighted by atomic mass is 32.1. The van der Waals surface area contributed by atoms with E-state index in [1.54, 1.807) is 0 Å². The van der Waals surface area contributed by atoms with Crippen LogP contribution in [0.1, 0.15) is 51.3 Å². The van der Waals surface area contributed by atoms with Crippen LogP contribution in [0.25, 0.3) is 0 Å². The minimum absolute atomic E-state index is 0.502. The summed E-state index contributed by atoms with van der Waals surface area (Å²) in [6.45, 7) is 8.26. The highest BCUT2D eigenvalue weighted by Crippen LogP contribution is 2.43. The van der Waals surface area contributed by atoms with Gasteiger partial charge in [0, 0.05) is 10.9 Å². The van der Waals surface area contributed by atoms with Gasteiger partial charge in [-0.05, 0) is 48.6 Å². The monoisotopic (exact) mass is 265 g/mol. The topological polar surface area (TPSA) is 12.0 Å². The van der Waals surface area contributed by atoms with E-state index in [1.165, 1.54) is 37.0 Å². The second-order valence-electron chi connectivity index (χ2n) is 6.29. The number of hydrogen-bond acceptors (Lipinski definition) is 2. The lowest BCUT2D eigenvalue weighted by Gasteiger charge is -2.43. The fourth-order valence-electron chi connectivity index (χ4n) is 3.53. The predicted octanol–water partition coefficient (Wildman–Crippen LogP) is 4.49. The molecule has 1 aromatic rings. The van der Waals surface area contributed by atoms with Crippen LogP contribution in [-0.2, 0) is 6.42 Å². The van der Waals surface area contributed by atoms with Gasteiger partial charge in [-0.3, -0.25) is 0 Å². The van der Waals surface area contributed by atoms with E-state index >= 15 is 0 Å². The van der Waals surface area contributed by atoms with Gasteiger partial charge in [-0.15, -0.1) is 11.3 Å². The second-order valence-corrected chi connectivity index (χ2v) is 7.32. The van der Waals surface area contributed by atoms with E-state index < -0.39 is 0 Å². The van der Waals surface area contributed by atoms with E-state index in [2.05, 4.69) is 43.6 Å². The van der Waals surface area contributed by atoms with Gasteiger partial charge in [0.15, 0.2) is 0 Å². The summed E-state index contributed by atoms with van der Waals surface area (Å²) < 4.78 is 0. The van der Waals surface area contributed by atoms with Crippen LogP contribution in [-0.4, -0.2) is 12.6 Å². The molecular formula is C16H27NS. The minimum Gasteiger partial charge on any atom is -0.314 e. The molecule has 1 nitrogen and oxygen atoms in total. The molecule has 0 aromatic carbocycles. The van der Waals surface area contributed by atoms with Crippen LogP contribution in [0.3, 0.4) is 0 Å². The third-order valence-corrected chi connectivity index (χ3v) is 5.44. The van der Waals surface area contributed by atoms with Crippen LogP contribution in [0.5, 0.6) is 0 Å². The number of hydrogen-bond donors (Lipinski definition) is 1. The largest absolute Gasteiger partial charge is 0.314 e. The zero-order valence-corrected chi connectivity index (χ0v) is 12.9. The number of likely N-dealkylation sites (N-methyl/N-ethyl adjacent to an activating group) is 1. The Morgan fingerprint density at radius 1 is 1.44 bits per heavy atom. The summed E-state index contributed by atoms with van der Waals surface area (Å²) in [4.78, 5) is 1.53. The van der Waals surface area contributed by atoms with E-state index in [0.29, 0.717) is 11.5 Å². The highest BCUT2D eigenvalue weighted by Gasteiger charge is 2.37. The van der Waals surface area contributed by atoms with Crippen LogP contribution < -0.4 is 5.32 Å². The molecular weight excluding hydrogens is 238 g/mol. The zero-order valence-electron chi connectivity index (χ0n) is 12.0. The third-order valence-electron chi connectivity index (χ3n) is 4.54. The van der Waals surface area contributed by atoms with Gasteiger partial charge in [-0.25, -0.2) is 0 Å². The summed E-state index contributed by atoms with van der Waals surface area (Å²) in [5, 5.41) is 5.95. The molecule has 18 heavy (non-hydrogen) atoms. The summed E-state index contributed by atoms with van der Waals surface area (Å²) in [7, 11) is 0. The van der Waals surface area contributed by atoms with E-state index in [9.17, 15) is 0 Å². The molecule has 1 aromatic heterocycles. The zero-order chi connectivity index (χ0) is 13.0. The molecule has 1 saturated carbocycles. The van der Waals surface area contributed by atoms with Gasteiger partial charge in [0.05, 0.1) is 0 Å². The van der Waals surface area contributed by atoms with Crippen LogP contribution in [0.15, 0.2) is 17.5 Å². The summed E-state index contributed by atoms with van der Waals surface area (Å²) in [6, 6.07) is 5.11. The fourth-order valence-corrected chi connectivity index (χ4v) is 4.30. The Hall–Kier alpha value is -0.340. The molecule has 2 heteroatoms. The maximum atomic E-state index is 3.75. The molecule has 0 bridgehead atoms. The first-order chi connectivity index (χ1) is 8.63. The molecule has 0 radical (unpaired) electrons. The van der Waals surface area contributed by atoms with Gasteiger partial charge in [-0.2, -0.15) is 0 Å². The summed E-state index contributed by atoms with van der Waals surface area (Å²) >= 11 is 1.90. The molecule has 102 valence electrons. The number of rotatable bonds is 5. The molecule has 2 atom stereocenters. The number of thiophene rings is 1. The average molecular weight is 265 g/mol. The number of nitrogens with one attached hydrogen (secondary N) is 1. The molecule has 1 aliphatic rings. The van der Waals surface area contributed by atoms with Crippen molar-refractivity contribution in [1.29, 1.82) is 0 Å². The van der Waals surface area contributed by atoms with Crippen molar-refractivity contribution < 1.29 is 0 Å². The Bertz CT molecular complexity index is 342. The lowest BCUT2D eigenvalue weighted by Crippen LogP contribution is -2.45. The Kier molecular flexibility index (Phi) is 4.85. The molecule has 2 rings (SSSR count). The standard InChI is InChI=1S/C16H27NS/c1-4-17-15(12-13-8-7-11-18-13)14-9-5-6-10-16(14,2)3/h7-8,11,14-15,17H,4-6,9-10,12H2,1-3H3. The van der Waals surface area contributed by atoms with Crippen molar-refractivity contribution in [1.82, 2.24) is 5.32 Å². The maximum Gasteiger partial charge on any atom is 0.0149 e. The van der Waals surface area contributed by atoms with Gasteiger partial charge in [0.25, 0.3) is 0 Å². The first-order valence-electron chi connectivity index (χ1n) is 7.39. The molecule has 1 fully saturated rings. The SMILES string of the molecule is CCNC(Cc1cccs1)C1CCCCC1(C)C. The lowest BCUT2D eigenvalue weighted by atomic mass is 9.65. The van der Waals surface area contributed by atoms with Crippen molar-refractivity contribution in [3.8, 4) is 0 Å². The lowest BCUT2D eigenvalue weighted by molar-refractivity contribution is 0.0990. The van der Waals surface area contributed by atoms with Gasteiger partial charge in [0.2, 0.25) is 0 Å². The smallest absolute Gasteiger partial charge is 0.0149 e. The average Bonchev–Trinajstić information content (AvgIpc) is 2.81. The van der Waals surface area contributed by atoms with E-state index in [-0.39, 0.29) is 0 Å². The molecule has 2 unspecified atom stereocenters. The summed E-state index contributed by atoms with van der Waals surface area (Å²) in [6.07, 6.45) is 6.83. The molecule has 1 N–H and O–H groups in total. The van der Waals surface area contributed by atoms with Crippen LogP contribution in [0.2, 0.25) is 0 Å². The Labute approximate surface area is 116 Å². The summed E-state index contributed by atoms with van der Waals surface area (Å²) in [5.41, 5.74) is 0.502. The van der Waals surface area contributed by atoms with Crippen molar-refractivity contribution in [2.24, 2.45) is 11.3 Å². The van der Waals surface area contributed by atoms with Gasteiger partial charge < -0.3 is 5.32 Å². The second kappa shape index (κ2) is 6.21. The van der Waals surface area contributed by atoms with Crippen molar-refractivity contribution in [2.45, 2.75) is 58.9 Å². The van der Waals surface area contributed by atoms with E-state index in [1.807, 2.05) is 11.3 Å². The predicted molar refractivity (Wildman–Crippen MR) is 81.2 cm³/mol. The molecule has 0 amide bonds. The molecule has 0 aliphatic heterocycles. The van der Waals surface area contributed by atoms with Crippen LogP contribution in [0, 0.1) is 11.3 Å². The Balaban J connectivity index is 2.08. The van der Waals surface area contributed by atoms with Crippen molar-refractivity contribution >= 4 is 11.3 Å². The van der Waals surface area contributed by atoms with Crippen LogP contribution >= 0.6 is 11.3 Å². The van der Waals surface area contributed by atoms with Crippen molar-refractivity contribution in [2.75, 3.05) is 6.54 Å². The summed E-state index contributed by atoms with van der Waals surface area (Å²) in [5.74, 6) is 0.827. The quantitative estimate of drug-likeness (QED) is 0.827. The first-order valence-corrected chi connectivity index (χ1v) is 8.27. The van der Waals surface area contributed by atoms with Crippen molar-refractivity contribution in [3.05, 3.63) is 22.4 Å². The molecule has 1 aliphatic carbocycles. The third kappa shape index (κ3) is 3.36. The normalized spacial score (nSPS) is 24.9. The van der Waals surface area contributed by atoms with Gasteiger partial charge in [0.1, 0.15) is 0 Å². The van der Waals surface area contributed by atoms with Crippen LogP contribution in [0.4, 0.5) is 0 Å². The van der Waals surface area contributed by atoms with Gasteiger partial charge in [-0.1, -0.05) is 39.7 Å². The minimum atomic E-state index is 0.502. The van der Waals surface area contributed by atoms with Gasteiger partial charge >= 0.3 is 0 Å². The Morgan fingerprint density at radius 2 is 2.28 bits per heavy atom. The van der Waals surface area contributed by atoms with E-state index in [0.717, 1.165) is 12.5 Å². The van der Waals surface area contributed by atoms with Crippen molar-refractivity contribution in [3.63, 3.8) is 0 Å².